The van der Waals surface area contributed by atoms with E-state index >= 15 is 0 Å². The van der Waals surface area contributed by atoms with Gasteiger partial charge in [0.1, 0.15) is 12.7 Å². The largest absolute Gasteiger partial charge is 0.459 e. The van der Waals surface area contributed by atoms with Crippen LogP contribution in [0, 0.1) is 5.92 Å². The molecule has 5 nitrogen and oxygen atoms in total. The number of unbranched alkanes of at least 4 members (excludes halogenated alkanes) is 7. The van der Waals surface area contributed by atoms with Crippen LogP contribution in [-0.4, -0.2) is 31.3 Å². The topological polar surface area (TPSA) is 64.6 Å². The highest BCUT2D eigenvalue weighted by molar-refractivity contribution is 5.81. The summed E-state index contributed by atoms with van der Waals surface area (Å²) in [4.78, 5) is 22.9. The van der Waals surface area contributed by atoms with Crippen molar-refractivity contribution in [2.75, 3.05) is 13.2 Å². The Morgan fingerprint density at radius 3 is 2.17 bits per heavy atom. The average molecular weight is 341 g/mol. The lowest BCUT2D eigenvalue weighted by Gasteiger charge is -2.21. The van der Waals surface area contributed by atoms with Gasteiger partial charge in [0, 0.05) is 12.6 Å². The van der Waals surface area contributed by atoms with Gasteiger partial charge in [-0.15, -0.1) is 0 Å². The number of ether oxygens (including phenoxy) is 2. The van der Waals surface area contributed by atoms with Crippen molar-refractivity contribution in [2.24, 2.45) is 5.92 Å². The van der Waals surface area contributed by atoms with Crippen LogP contribution in [0.4, 0.5) is 4.79 Å². The van der Waals surface area contributed by atoms with Gasteiger partial charge in [-0.25, -0.2) is 9.59 Å². The molecule has 0 heterocycles. The number of hydrogen-bond acceptors (Lipinski definition) is 4. The fourth-order valence-corrected chi connectivity index (χ4v) is 2.21. The fourth-order valence-electron chi connectivity index (χ4n) is 2.21. The molecule has 0 radical (unpaired) electrons. The van der Waals surface area contributed by atoms with Crippen molar-refractivity contribution in [3.63, 3.8) is 0 Å². The second-order valence-corrected chi connectivity index (χ2v) is 6.42. The third kappa shape index (κ3) is 13.0. The van der Waals surface area contributed by atoms with E-state index in [-0.39, 0.29) is 12.5 Å². The van der Waals surface area contributed by atoms with Crippen molar-refractivity contribution < 1.29 is 19.1 Å². The molecule has 140 valence electrons. The molecule has 1 N–H and O–H groups in total. The molecule has 1 atom stereocenters. The van der Waals surface area contributed by atoms with Crippen molar-refractivity contribution in [3.05, 3.63) is 12.7 Å². The number of hydrogen-bond donors (Lipinski definition) is 1. The van der Waals surface area contributed by atoms with Gasteiger partial charge in [0.05, 0.1) is 0 Å². The van der Waals surface area contributed by atoms with E-state index in [1.807, 2.05) is 13.8 Å². The zero-order valence-electron chi connectivity index (χ0n) is 15.6. The number of nitrogens with one attached hydrogen (secondary N) is 1. The van der Waals surface area contributed by atoms with Crippen LogP contribution < -0.4 is 5.32 Å². The summed E-state index contributed by atoms with van der Waals surface area (Å²) in [7, 11) is 0. The third-order valence-corrected chi connectivity index (χ3v) is 3.86. The SMILES string of the molecule is C=CC(=O)OCC(OC(=O)NCCCCCCCCCC)C(C)C. The standard InChI is InChI=1S/C19H35NO4/c1-5-7-8-9-10-11-12-13-14-20-19(22)24-17(16(3)4)15-23-18(21)6-2/h6,16-17H,2,5,7-15H2,1,3-4H3,(H,20,22). The van der Waals surface area contributed by atoms with E-state index < -0.39 is 18.2 Å². The highest BCUT2D eigenvalue weighted by Gasteiger charge is 2.19. The lowest BCUT2D eigenvalue weighted by molar-refractivity contribution is -0.141. The summed E-state index contributed by atoms with van der Waals surface area (Å²) >= 11 is 0. The van der Waals surface area contributed by atoms with E-state index in [2.05, 4.69) is 18.8 Å². The zero-order valence-corrected chi connectivity index (χ0v) is 15.6. The van der Waals surface area contributed by atoms with Crippen LogP contribution in [0.3, 0.4) is 0 Å². The van der Waals surface area contributed by atoms with Gasteiger partial charge < -0.3 is 14.8 Å². The van der Waals surface area contributed by atoms with Gasteiger partial charge in [-0.2, -0.15) is 0 Å². The molecule has 1 unspecified atom stereocenters. The first kappa shape index (κ1) is 22.5. The van der Waals surface area contributed by atoms with Crippen molar-refractivity contribution >= 4 is 12.1 Å². The minimum absolute atomic E-state index is 0.0493. The van der Waals surface area contributed by atoms with Crippen LogP contribution in [0.5, 0.6) is 0 Å². The first-order valence-electron chi connectivity index (χ1n) is 9.24. The Hall–Kier alpha value is -1.52. The van der Waals surface area contributed by atoms with Crippen LogP contribution in [0.1, 0.15) is 72.1 Å². The van der Waals surface area contributed by atoms with E-state index in [4.69, 9.17) is 9.47 Å². The molecule has 0 aromatic heterocycles. The van der Waals surface area contributed by atoms with Crippen LogP contribution in [0.2, 0.25) is 0 Å². The molecule has 0 fully saturated rings. The van der Waals surface area contributed by atoms with E-state index in [0.29, 0.717) is 6.54 Å². The number of amides is 1. The van der Waals surface area contributed by atoms with Gasteiger partial charge in [-0.3, -0.25) is 0 Å². The molecule has 0 aromatic carbocycles. The predicted molar refractivity (Wildman–Crippen MR) is 96.9 cm³/mol. The minimum Gasteiger partial charge on any atom is -0.459 e. The molecular formula is C19H35NO4. The summed E-state index contributed by atoms with van der Waals surface area (Å²) in [5, 5.41) is 2.76. The van der Waals surface area contributed by atoms with Gasteiger partial charge in [-0.1, -0.05) is 72.3 Å². The monoisotopic (exact) mass is 341 g/mol. The molecule has 1 amide bonds. The second-order valence-electron chi connectivity index (χ2n) is 6.42. The Bertz CT molecular complexity index is 355. The molecule has 0 aromatic rings. The molecular weight excluding hydrogens is 306 g/mol. The molecule has 0 saturated heterocycles. The van der Waals surface area contributed by atoms with Crippen LogP contribution in [0.25, 0.3) is 0 Å². The Morgan fingerprint density at radius 1 is 1.04 bits per heavy atom. The van der Waals surface area contributed by atoms with Gasteiger partial charge in [-0.05, 0) is 12.3 Å². The van der Waals surface area contributed by atoms with Gasteiger partial charge in [0.2, 0.25) is 0 Å². The Balaban J connectivity index is 3.73. The molecule has 5 heteroatoms. The predicted octanol–water partition coefficient (Wildman–Crippen LogP) is 4.61. The molecule has 0 aliphatic rings. The van der Waals surface area contributed by atoms with Gasteiger partial charge >= 0.3 is 12.1 Å². The summed E-state index contributed by atoms with van der Waals surface area (Å²) in [5.74, 6) is -0.444. The van der Waals surface area contributed by atoms with Crippen molar-refractivity contribution in [1.82, 2.24) is 5.32 Å². The second kappa shape index (κ2) is 15.0. The lowest BCUT2D eigenvalue weighted by atomic mass is 10.1. The summed E-state index contributed by atoms with van der Waals surface area (Å²) in [6.45, 7) is 10.1. The van der Waals surface area contributed by atoms with Gasteiger partial charge in [0.15, 0.2) is 0 Å². The Morgan fingerprint density at radius 2 is 1.62 bits per heavy atom. The quantitative estimate of drug-likeness (QED) is 0.285. The number of esters is 1. The maximum Gasteiger partial charge on any atom is 0.407 e. The highest BCUT2D eigenvalue weighted by atomic mass is 16.6. The van der Waals surface area contributed by atoms with Crippen LogP contribution in [-0.2, 0) is 14.3 Å². The van der Waals surface area contributed by atoms with E-state index in [1.54, 1.807) is 0 Å². The smallest absolute Gasteiger partial charge is 0.407 e. The van der Waals surface area contributed by atoms with E-state index in [9.17, 15) is 9.59 Å². The number of rotatable bonds is 14. The minimum atomic E-state index is -0.511. The van der Waals surface area contributed by atoms with Gasteiger partial charge in [0.25, 0.3) is 0 Å². The number of alkyl carbamates (subject to hydrolysis) is 1. The Labute approximate surface area is 147 Å². The first-order valence-corrected chi connectivity index (χ1v) is 9.24. The molecule has 0 spiro atoms. The maximum atomic E-state index is 11.8. The molecule has 0 aliphatic carbocycles. The average Bonchev–Trinajstić information content (AvgIpc) is 2.56. The molecule has 0 bridgehead atoms. The zero-order chi connectivity index (χ0) is 18.2. The summed E-state index contributed by atoms with van der Waals surface area (Å²) in [6.07, 6.45) is 10.00. The highest BCUT2D eigenvalue weighted by Crippen LogP contribution is 2.09. The number of carbonyl (C=O) groups is 2. The number of carbonyl (C=O) groups excluding carboxylic acids is 2. The molecule has 0 aliphatic heterocycles. The van der Waals surface area contributed by atoms with E-state index in [1.165, 1.54) is 38.5 Å². The normalized spacial score (nSPS) is 11.8. The van der Waals surface area contributed by atoms with Crippen molar-refractivity contribution in [1.29, 1.82) is 0 Å². The fraction of sp³-hybridized carbons (Fsp3) is 0.789. The lowest BCUT2D eigenvalue weighted by Crippen LogP contribution is -2.35. The molecule has 0 rings (SSSR count). The maximum absolute atomic E-state index is 11.8. The first-order chi connectivity index (χ1) is 11.5. The summed E-state index contributed by atoms with van der Waals surface area (Å²) in [6, 6.07) is 0. The molecule has 24 heavy (non-hydrogen) atoms. The van der Waals surface area contributed by atoms with Crippen molar-refractivity contribution in [2.45, 2.75) is 78.2 Å². The van der Waals surface area contributed by atoms with Crippen molar-refractivity contribution in [3.8, 4) is 0 Å². The van der Waals surface area contributed by atoms with Crippen LogP contribution in [0.15, 0.2) is 12.7 Å². The third-order valence-electron chi connectivity index (χ3n) is 3.86. The summed E-state index contributed by atoms with van der Waals surface area (Å²) in [5.41, 5.74) is 0. The summed E-state index contributed by atoms with van der Waals surface area (Å²) < 4.78 is 10.3. The van der Waals surface area contributed by atoms with E-state index in [0.717, 1.165) is 18.9 Å². The van der Waals surface area contributed by atoms with Crippen LogP contribution >= 0.6 is 0 Å². The Kier molecular flexibility index (Phi) is 14.1. The molecule has 0 saturated carbocycles.